The highest BCUT2D eigenvalue weighted by molar-refractivity contribution is 5.65. The first-order chi connectivity index (χ1) is 8.34. The van der Waals surface area contributed by atoms with E-state index < -0.39 is 0 Å². The van der Waals surface area contributed by atoms with Crippen LogP contribution in [-0.4, -0.2) is 15.2 Å². The molecule has 4 heteroatoms. The van der Waals surface area contributed by atoms with Gasteiger partial charge < -0.3 is 5.73 Å². The van der Waals surface area contributed by atoms with E-state index in [4.69, 9.17) is 5.73 Å². The van der Waals surface area contributed by atoms with Crippen molar-refractivity contribution in [2.75, 3.05) is 5.73 Å². The highest BCUT2D eigenvalue weighted by Crippen LogP contribution is 2.30. The summed E-state index contributed by atoms with van der Waals surface area (Å²) in [5.41, 5.74) is 10.4. The van der Waals surface area contributed by atoms with Crippen molar-refractivity contribution in [3.8, 4) is 11.3 Å². The third-order valence-corrected chi connectivity index (χ3v) is 3.25. The summed E-state index contributed by atoms with van der Waals surface area (Å²) in [5, 5.41) is 7.57. The van der Waals surface area contributed by atoms with Gasteiger partial charge in [-0.2, -0.15) is 5.10 Å². The maximum absolute atomic E-state index is 5.59. The van der Waals surface area contributed by atoms with E-state index in [0.717, 1.165) is 24.1 Å². The molecule has 1 aromatic heterocycles. The number of nitrogen functional groups attached to an aromatic ring is 1. The number of rotatable bonds is 1. The first-order valence-electron chi connectivity index (χ1n) is 5.91. The molecule has 0 saturated heterocycles. The number of anilines is 1. The van der Waals surface area contributed by atoms with Gasteiger partial charge in [0.05, 0.1) is 11.9 Å². The molecule has 0 fully saturated rings. The molecule has 0 saturated carbocycles. The Kier molecular flexibility index (Phi) is 2.48. The Morgan fingerprint density at radius 1 is 1.12 bits per heavy atom. The smallest absolute Gasteiger partial charge is 0.240 e. The van der Waals surface area contributed by atoms with Crippen molar-refractivity contribution in [2.24, 2.45) is 0 Å². The van der Waals surface area contributed by atoms with Crippen LogP contribution in [0.3, 0.4) is 0 Å². The lowest BCUT2D eigenvalue weighted by Crippen LogP contribution is -2.06. The van der Waals surface area contributed by atoms with E-state index in [-0.39, 0.29) is 5.95 Å². The molecular formula is C13H14N4. The van der Waals surface area contributed by atoms with Crippen LogP contribution in [0, 0.1) is 0 Å². The fourth-order valence-corrected chi connectivity index (χ4v) is 2.47. The van der Waals surface area contributed by atoms with E-state index in [0.29, 0.717) is 0 Å². The molecular weight excluding hydrogens is 212 g/mol. The fraction of sp³-hybridized carbons (Fsp3) is 0.308. The molecule has 0 atom stereocenters. The number of aromatic nitrogens is 3. The zero-order valence-electron chi connectivity index (χ0n) is 9.56. The van der Waals surface area contributed by atoms with Crippen molar-refractivity contribution in [1.29, 1.82) is 0 Å². The average Bonchev–Trinajstić information content (AvgIpc) is 2.38. The SMILES string of the molecule is Nc1nncc(-c2cccc3c2CCCC3)n1. The molecule has 1 aliphatic rings. The molecule has 86 valence electrons. The quantitative estimate of drug-likeness (QED) is 0.807. The van der Waals surface area contributed by atoms with Crippen LogP contribution in [0.4, 0.5) is 5.95 Å². The largest absolute Gasteiger partial charge is 0.366 e. The van der Waals surface area contributed by atoms with E-state index in [1.807, 2.05) is 0 Å². The lowest BCUT2D eigenvalue weighted by Gasteiger charge is -2.18. The summed E-state index contributed by atoms with van der Waals surface area (Å²) in [5.74, 6) is 0.232. The molecule has 4 nitrogen and oxygen atoms in total. The zero-order valence-corrected chi connectivity index (χ0v) is 9.56. The second-order valence-corrected chi connectivity index (χ2v) is 4.35. The molecule has 1 heterocycles. The lowest BCUT2D eigenvalue weighted by atomic mass is 9.87. The molecule has 0 aliphatic heterocycles. The van der Waals surface area contributed by atoms with Crippen molar-refractivity contribution < 1.29 is 0 Å². The van der Waals surface area contributed by atoms with Gasteiger partial charge in [0, 0.05) is 5.56 Å². The van der Waals surface area contributed by atoms with Gasteiger partial charge in [-0.25, -0.2) is 4.98 Å². The minimum absolute atomic E-state index is 0.232. The van der Waals surface area contributed by atoms with Gasteiger partial charge in [-0.15, -0.1) is 5.10 Å². The first-order valence-corrected chi connectivity index (χ1v) is 5.91. The molecule has 17 heavy (non-hydrogen) atoms. The van der Waals surface area contributed by atoms with Gasteiger partial charge in [0.25, 0.3) is 0 Å². The third-order valence-electron chi connectivity index (χ3n) is 3.25. The standard InChI is InChI=1S/C13H14N4/c14-13-16-12(8-15-17-13)11-7-3-5-9-4-1-2-6-10(9)11/h3,5,7-8H,1-2,4,6H2,(H2,14,16,17). The number of fused-ring (bicyclic) bond motifs is 1. The van der Waals surface area contributed by atoms with E-state index >= 15 is 0 Å². The minimum atomic E-state index is 0.232. The van der Waals surface area contributed by atoms with Crippen molar-refractivity contribution in [3.63, 3.8) is 0 Å². The van der Waals surface area contributed by atoms with Crippen LogP contribution in [-0.2, 0) is 12.8 Å². The Hall–Kier alpha value is -1.97. The Balaban J connectivity index is 2.14. The number of nitrogens with zero attached hydrogens (tertiary/aromatic N) is 3. The normalized spacial score (nSPS) is 14.4. The predicted molar refractivity (Wildman–Crippen MR) is 66.3 cm³/mol. The molecule has 2 aromatic rings. The lowest BCUT2D eigenvalue weighted by molar-refractivity contribution is 0.686. The highest BCUT2D eigenvalue weighted by atomic mass is 15.2. The Labute approximate surface area is 99.9 Å². The summed E-state index contributed by atoms with van der Waals surface area (Å²) in [7, 11) is 0. The van der Waals surface area contributed by atoms with Crippen LogP contribution in [0.2, 0.25) is 0 Å². The summed E-state index contributed by atoms with van der Waals surface area (Å²) < 4.78 is 0. The van der Waals surface area contributed by atoms with Crippen LogP contribution in [0.15, 0.2) is 24.4 Å². The summed E-state index contributed by atoms with van der Waals surface area (Å²) >= 11 is 0. The summed E-state index contributed by atoms with van der Waals surface area (Å²) in [6.45, 7) is 0. The maximum Gasteiger partial charge on any atom is 0.240 e. The van der Waals surface area contributed by atoms with Gasteiger partial charge in [-0.1, -0.05) is 18.2 Å². The van der Waals surface area contributed by atoms with Crippen LogP contribution >= 0.6 is 0 Å². The van der Waals surface area contributed by atoms with Gasteiger partial charge >= 0.3 is 0 Å². The molecule has 0 spiro atoms. The predicted octanol–water partition coefficient (Wildman–Crippen LogP) is 2.00. The first kappa shape index (κ1) is 10.2. The number of benzene rings is 1. The van der Waals surface area contributed by atoms with Gasteiger partial charge in [0.15, 0.2) is 0 Å². The average molecular weight is 226 g/mol. The van der Waals surface area contributed by atoms with Crippen molar-refractivity contribution in [2.45, 2.75) is 25.7 Å². The fourth-order valence-electron chi connectivity index (χ4n) is 2.47. The van der Waals surface area contributed by atoms with Crippen molar-refractivity contribution in [1.82, 2.24) is 15.2 Å². The van der Waals surface area contributed by atoms with E-state index in [2.05, 4.69) is 33.4 Å². The van der Waals surface area contributed by atoms with Gasteiger partial charge in [0.1, 0.15) is 0 Å². The Bertz CT molecular complexity index is 551. The molecule has 0 amide bonds. The molecule has 2 N–H and O–H groups in total. The van der Waals surface area contributed by atoms with Gasteiger partial charge in [0.2, 0.25) is 5.95 Å². The monoisotopic (exact) mass is 226 g/mol. The molecule has 0 bridgehead atoms. The molecule has 1 aromatic carbocycles. The zero-order chi connectivity index (χ0) is 11.7. The molecule has 0 unspecified atom stereocenters. The highest BCUT2D eigenvalue weighted by Gasteiger charge is 2.14. The summed E-state index contributed by atoms with van der Waals surface area (Å²) in [6, 6.07) is 6.38. The Morgan fingerprint density at radius 2 is 2.00 bits per heavy atom. The van der Waals surface area contributed by atoms with E-state index in [9.17, 15) is 0 Å². The van der Waals surface area contributed by atoms with E-state index in [1.54, 1.807) is 6.20 Å². The summed E-state index contributed by atoms with van der Waals surface area (Å²) in [6.07, 6.45) is 6.49. The van der Waals surface area contributed by atoms with Crippen molar-refractivity contribution in [3.05, 3.63) is 35.5 Å². The van der Waals surface area contributed by atoms with Crippen LogP contribution in [0.1, 0.15) is 24.0 Å². The van der Waals surface area contributed by atoms with E-state index in [1.165, 1.54) is 24.0 Å². The van der Waals surface area contributed by atoms with Crippen molar-refractivity contribution >= 4 is 5.95 Å². The number of nitrogens with two attached hydrogens (primary N) is 1. The molecule has 1 aliphatic carbocycles. The number of hydrogen-bond donors (Lipinski definition) is 1. The topological polar surface area (TPSA) is 64.7 Å². The third kappa shape index (κ3) is 1.86. The molecule has 3 rings (SSSR count). The Morgan fingerprint density at radius 3 is 2.88 bits per heavy atom. The number of hydrogen-bond acceptors (Lipinski definition) is 4. The van der Waals surface area contributed by atoms with Gasteiger partial charge in [-0.05, 0) is 36.8 Å². The maximum atomic E-state index is 5.59. The second kappa shape index (κ2) is 4.13. The van der Waals surface area contributed by atoms with Crippen LogP contribution < -0.4 is 5.73 Å². The summed E-state index contributed by atoms with van der Waals surface area (Å²) in [4.78, 5) is 4.26. The van der Waals surface area contributed by atoms with Crippen LogP contribution in [0.5, 0.6) is 0 Å². The number of aryl methyl sites for hydroxylation is 1. The van der Waals surface area contributed by atoms with Crippen LogP contribution in [0.25, 0.3) is 11.3 Å². The molecule has 0 radical (unpaired) electrons. The second-order valence-electron chi connectivity index (χ2n) is 4.35. The minimum Gasteiger partial charge on any atom is -0.366 e. The van der Waals surface area contributed by atoms with Gasteiger partial charge in [-0.3, -0.25) is 0 Å².